The van der Waals surface area contributed by atoms with Crippen LogP contribution in [-0.2, 0) is 6.42 Å². The molecule has 0 aliphatic heterocycles. The van der Waals surface area contributed by atoms with Crippen LogP contribution in [0.2, 0.25) is 0 Å². The topological polar surface area (TPSA) is 29.9 Å². The third kappa shape index (κ3) is 4.43. The van der Waals surface area contributed by atoms with Crippen molar-refractivity contribution in [3.8, 4) is 0 Å². The molecule has 0 aliphatic carbocycles. The summed E-state index contributed by atoms with van der Waals surface area (Å²) in [6.45, 7) is 9.89. The van der Waals surface area contributed by atoms with E-state index in [1.54, 1.807) is 0 Å². The molecule has 3 nitrogen and oxygen atoms in total. The van der Waals surface area contributed by atoms with Crippen LogP contribution < -0.4 is 5.32 Å². The van der Waals surface area contributed by atoms with Crippen LogP contribution in [-0.4, -0.2) is 22.4 Å². The number of nitrogens with zero attached hydrogens (tertiary/aromatic N) is 2. The molecule has 0 saturated heterocycles. The minimum atomic E-state index is 0.426. The highest BCUT2D eigenvalue weighted by molar-refractivity contribution is 9.10. The van der Waals surface area contributed by atoms with Crippen LogP contribution in [0, 0.1) is 0 Å². The summed E-state index contributed by atoms with van der Waals surface area (Å²) in [6.07, 6.45) is 5.31. The van der Waals surface area contributed by atoms with Gasteiger partial charge in [0.2, 0.25) is 0 Å². The highest BCUT2D eigenvalue weighted by Gasteiger charge is 2.12. The van der Waals surface area contributed by atoms with Gasteiger partial charge in [-0.3, -0.25) is 4.68 Å². The summed E-state index contributed by atoms with van der Waals surface area (Å²) in [6, 6.07) is 0.993. The molecule has 0 radical (unpaired) electrons. The Labute approximate surface area is 113 Å². The summed E-state index contributed by atoms with van der Waals surface area (Å²) < 4.78 is 3.24. The van der Waals surface area contributed by atoms with Crippen LogP contribution >= 0.6 is 15.9 Å². The maximum Gasteiger partial charge on any atom is 0.0635 e. The Balaban J connectivity index is 2.53. The molecule has 1 N–H and O–H groups in total. The molecule has 0 spiro atoms. The summed E-state index contributed by atoms with van der Waals surface area (Å²) in [5.74, 6) is 0. The van der Waals surface area contributed by atoms with Crippen molar-refractivity contribution in [1.29, 1.82) is 0 Å². The first kappa shape index (κ1) is 14.7. The normalized spacial score (nSPS) is 13.3. The van der Waals surface area contributed by atoms with Crippen molar-refractivity contribution in [2.75, 3.05) is 6.54 Å². The lowest BCUT2D eigenvalue weighted by Crippen LogP contribution is -2.27. The van der Waals surface area contributed by atoms with Gasteiger partial charge in [0.15, 0.2) is 0 Å². The fourth-order valence-corrected chi connectivity index (χ4v) is 2.36. The quantitative estimate of drug-likeness (QED) is 0.835. The summed E-state index contributed by atoms with van der Waals surface area (Å²) in [5, 5.41) is 7.92. The molecule has 17 heavy (non-hydrogen) atoms. The number of hydrogen-bond donors (Lipinski definition) is 1. The van der Waals surface area contributed by atoms with E-state index in [2.05, 4.69) is 58.7 Å². The molecular weight excluding hydrogens is 278 g/mol. The Bertz CT molecular complexity index is 333. The van der Waals surface area contributed by atoms with Gasteiger partial charge in [0.25, 0.3) is 0 Å². The fraction of sp³-hybridized carbons (Fsp3) is 0.769. The largest absolute Gasteiger partial charge is 0.314 e. The van der Waals surface area contributed by atoms with Gasteiger partial charge in [0.1, 0.15) is 0 Å². The first-order chi connectivity index (χ1) is 8.06. The molecule has 1 unspecified atom stereocenters. The van der Waals surface area contributed by atoms with Gasteiger partial charge in [0, 0.05) is 12.1 Å². The first-order valence-electron chi connectivity index (χ1n) is 6.51. The number of nitrogens with one attached hydrogen (secondary N) is 1. The zero-order valence-corrected chi connectivity index (χ0v) is 12.9. The predicted octanol–water partition coefficient (Wildman–Crippen LogP) is 3.55. The molecule has 0 saturated carbocycles. The van der Waals surface area contributed by atoms with E-state index in [0.29, 0.717) is 12.1 Å². The van der Waals surface area contributed by atoms with Gasteiger partial charge in [-0.2, -0.15) is 5.10 Å². The second-order valence-corrected chi connectivity index (χ2v) is 5.73. The summed E-state index contributed by atoms with van der Waals surface area (Å²) >= 11 is 3.58. The highest BCUT2D eigenvalue weighted by Crippen LogP contribution is 2.21. The zero-order valence-electron chi connectivity index (χ0n) is 11.3. The molecule has 0 aromatic carbocycles. The maximum absolute atomic E-state index is 4.40. The fourth-order valence-electron chi connectivity index (χ4n) is 1.89. The van der Waals surface area contributed by atoms with Crippen molar-refractivity contribution in [3.63, 3.8) is 0 Å². The van der Waals surface area contributed by atoms with Gasteiger partial charge in [-0.05, 0) is 62.5 Å². The maximum atomic E-state index is 4.40. The van der Waals surface area contributed by atoms with E-state index in [1.807, 2.05) is 6.20 Å². The van der Waals surface area contributed by atoms with Gasteiger partial charge in [-0.15, -0.1) is 0 Å². The zero-order chi connectivity index (χ0) is 12.8. The van der Waals surface area contributed by atoms with Crippen LogP contribution in [0.15, 0.2) is 10.7 Å². The number of rotatable bonds is 7. The minimum Gasteiger partial charge on any atom is -0.314 e. The first-order valence-corrected chi connectivity index (χ1v) is 7.30. The molecule has 1 heterocycles. The molecule has 1 aromatic rings. The van der Waals surface area contributed by atoms with Gasteiger partial charge >= 0.3 is 0 Å². The smallest absolute Gasteiger partial charge is 0.0635 e. The molecular formula is C13H24BrN3. The molecule has 0 bridgehead atoms. The van der Waals surface area contributed by atoms with Crippen LogP contribution in [0.1, 0.15) is 52.3 Å². The van der Waals surface area contributed by atoms with Crippen molar-refractivity contribution in [3.05, 3.63) is 16.4 Å². The van der Waals surface area contributed by atoms with E-state index in [9.17, 15) is 0 Å². The molecule has 0 aliphatic rings. The number of hydrogen-bond acceptors (Lipinski definition) is 2. The second kappa shape index (κ2) is 7.17. The van der Waals surface area contributed by atoms with Crippen molar-refractivity contribution < 1.29 is 0 Å². The average Bonchev–Trinajstić information content (AvgIpc) is 2.65. The van der Waals surface area contributed by atoms with E-state index in [0.717, 1.165) is 23.9 Å². The summed E-state index contributed by atoms with van der Waals surface area (Å²) in [5.41, 5.74) is 1.31. The molecule has 1 aromatic heterocycles. The van der Waals surface area contributed by atoms with Crippen LogP contribution in [0.25, 0.3) is 0 Å². The van der Waals surface area contributed by atoms with Crippen molar-refractivity contribution in [2.24, 2.45) is 0 Å². The third-order valence-electron chi connectivity index (χ3n) is 2.89. The van der Waals surface area contributed by atoms with Crippen LogP contribution in [0.5, 0.6) is 0 Å². The van der Waals surface area contributed by atoms with Crippen molar-refractivity contribution in [1.82, 2.24) is 15.1 Å². The molecule has 1 rings (SSSR count). The van der Waals surface area contributed by atoms with Gasteiger partial charge in [-0.25, -0.2) is 0 Å². The SMILES string of the molecule is CCCNC(C)CCc1c(Br)cnn1C(C)C. The summed E-state index contributed by atoms with van der Waals surface area (Å²) in [7, 11) is 0. The summed E-state index contributed by atoms with van der Waals surface area (Å²) in [4.78, 5) is 0. The van der Waals surface area contributed by atoms with E-state index in [-0.39, 0.29) is 0 Å². The van der Waals surface area contributed by atoms with E-state index < -0.39 is 0 Å². The molecule has 1 atom stereocenters. The Hall–Kier alpha value is -0.350. The van der Waals surface area contributed by atoms with E-state index in [4.69, 9.17) is 0 Å². The number of aromatic nitrogens is 2. The molecule has 98 valence electrons. The predicted molar refractivity (Wildman–Crippen MR) is 76.4 cm³/mol. The molecule has 0 amide bonds. The standard InChI is InChI=1S/C13H24BrN3/c1-5-8-15-11(4)6-7-13-12(14)9-16-17(13)10(2)3/h9-11,15H,5-8H2,1-4H3. The lowest BCUT2D eigenvalue weighted by atomic mass is 10.1. The Kier molecular flexibility index (Phi) is 6.20. The average molecular weight is 302 g/mol. The second-order valence-electron chi connectivity index (χ2n) is 4.87. The molecule has 0 fully saturated rings. The lowest BCUT2D eigenvalue weighted by molar-refractivity contribution is 0.475. The van der Waals surface area contributed by atoms with Crippen molar-refractivity contribution in [2.45, 2.75) is 59.0 Å². The number of halogens is 1. The van der Waals surface area contributed by atoms with Gasteiger partial charge in [-0.1, -0.05) is 6.92 Å². The third-order valence-corrected chi connectivity index (χ3v) is 3.56. The Morgan fingerprint density at radius 1 is 1.41 bits per heavy atom. The highest BCUT2D eigenvalue weighted by atomic mass is 79.9. The van der Waals surface area contributed by atoms with E-state index >= 15 is 0 Å². The Morgan fingerprint density at radius 3 is 2.71 bits per heavy atom. The van der Waals surface area contributed by atoms with Gasteiger partial charge in [0.05, 0.1) is 16.4 Å². The minimum absolute atomic E-state index is 0.426. The van der Waals surface area contributed by atoms with E-state index in [1.165, 1.54) is 12.1 Å². The van der Waals surface area contributed by atoms with Gasteiger partial charge < -0.3 is 5.32 Å². The monoisotopic (exact) mass is 301 g/mol. The van der Waals surface area contributed by atoms with Crippen LogP contribution in [0.3, 0.4) is 0 Å². The van der Waals surface area contributed by atoms with Crippen molar-refractivity contribution >= 4 is 15.9 Å². The van der Waals surface area contributed by atoms with Crippen LogP contribution in [0.4, 0.5) is 0 Å². The Morgan fingerprint density at radius 2 is 2.12 bits per heavy atom. The lowest BCUT2D eigenvalue weighted by Gasteiger charge is -2.15. The molecule has 4 heteroatoms.